The predicted octanol–water partition coefficient (Wildman–Crippen LogP) is 6.27. The fourth-order valence-electron chi connectivity index (χ4n) is 8.00. The number of methoxy groups -OCH3 is 4. The Labute approximate surface area is 317 Å². The van der Waals surface area contributed by atoms with E-state index in [-0.39, 0.29) is 47.9 Å². The third-order valence-corrected chi connectivity index (χ3v) is 10.7. The highest BCUT2D eigenvalue weighted by Gasteiger charge is 2.41. The first-order valence-corrected chi connectivity index (χ1v) is 17.0. The molecule has 4 heterocycles. The Balaban J connectivity index is 0.00000261. The Hall–Kier alpha value is -4.35. The summed E-state index contributed by atoms with van der Waals surface area (Å²) in [7, 11) is 10.7. The average molecular weight is 754 g/mol. The number of benzene rings is 4. The van der Waals surface area contributed by atoms with Crippen molar-refractivity contribution in [2.45, 2.75) is 37.8 Å². The van der Waals surface area contributed by atoms with Crippen LogP contribution in [0.3, 0.4) is 0 Å². The van der Waals surface area contributed by atoms with Crippen LogP contribution in [0.25, 0.3) is 0 Å². The second-order valence-electron chi connectivity index (χ2n) is 13.7. The van der Waals surface area contributed by atoms with Crippen LogP contribution in [0.15, 0.2) is 60.7 Å². The summed E-state index contributed by atoms with van der Waals surface area (Å²) in [6.07, 6.45) is 2.74. The number of nitrogens with zero attached hydrogens (tertiary/aromatic N) is 2. The van der Waals surface area contributed by atoms with Gasteiger partial charge in [-0.05, 0) is 84.6 Å². The molecule has 12 heteroatoms. The molecule has 52 heavy (non-hydrogen) atoms. The van der Waals surface area contributed by atoms with Gasteiger partial charge >= 0.3 is 0 Å². The van der Waals surface area contributed by atoms with Crippen molar-refractivity contribution >= 4 is 30.8 Å². The number of aliphatic carboxylic acids is 1. The molecule has 4 aliphatic heterocycles. The van der Waals surface area contributed by atoms with Crippen LogP contribution in [0.1, 0.15) is 45.5 Å². The van der Waals surface area contributed by atoms with Gasteiger partial charge in [0.15, 0.2) is 34.5 Å². The van der Waals surface area contributed by atoms with E-state index in [9.17, 15) is 9.90 Å². The van der Waals surface area contributed by atoms with Gasteiger partial charge in [-0.1, -0.05) is 18.2 Å². The minimum atomic E-state index is -1.08. The number of halogens is 2. The van der Waals surface area contributed by atoms with Crippen LogP contribution in [-0.4, -0.2) is 77.5 Å². The molecule has 0 N–H and O–H groups in total. The van der Waals surface area contributed by atoms with Gasteiger partial charge in [0.2, 0.25) is 5.75 Å². The number of carboxylic acid groups (broad SMARTS) is 1. The molecule has 4 aliphatic rings. The van der Waals surface area contributed by atoms with Crippen LogP contribution >= 0.6 is 24.8 Å². The number of carboxylic acids is 1. The maximum Gasteiger partial charge on any atom is 0.204 e. The molecule has 3 atom stereocenters. The Bertz CT molecular complexity index is 1940. The molecule has 8 rings (SSSR count). The smallest absolute Gasteiger partial charge is 0.204 e. The van der Waals surface area contributed by atoms with E-state index >= 15 is 0 Å². The second kappa shape index (κ2) is 15.7. The van der Waals surface area contributed by atoms with Crippen molar-refractivity contribution in [1.29, 1.82) is 0 Å². The second-order valence-corrected chi connectivity index (χ2v) is 13.7. The quantitative estimate of drug-likeness (QED) is 0.211. The van der Waals surface area contributed by atoms with E-state index in [1.165, 1.54) is 0 Å². The summed E-state index contributed by atoms with van der Waals surface area (Å²) in [5.74, 6) is 3.62. The van der Waals surface area contributed by atoms with Crippen LogP contribution in [0.5, 0.6) is 46.0 Å². The van der Waals surface area contributed by atoms with E-state index in [0.717, 1.165) is 46.3 Å². The molecule has 0 saturated heterocycles. The van der Waals surface area contributed by atoms with E-state index in [1.54, 1.807) is 28.4 Å². The molecule has 4 aromatic rings. The van der Waals surface area contributed by atoms with Crippen molar-refractivity contribution < 1.29 is 42.8 Å². The van der Waals surface area contributed by atoms with Gasteiger partial charge < -0.3 is 42.8 Å². The molecular weight excluding hydrogens is 707 g/mol. The molecule has 3 unspecified atom stereocenters. The number of carbonyl (C=O) groups excluding carboxylic acids is 1. The van der Waals surface area contributed by atoms with E-state index in [2.05, 4.69) is 24.1 Å². The molecule has 0 amide bonds. The zero-order valence-corrected chi connectivity index (χ0v) is 32.0. The fraction of sp³-hybridized carbons (Fsp3) is 0.375. The first kappa shape index (κ1) is 38.9. The monoisotopic (exact) mass is 752 g/mol. The lowest BCUT2D eigenvalue weighted by atomic mass is 9.86. The minimum absolute atomic E-state index is 0. The normalized spacial score (nSPS) is 20.3. The average Bonchev–Trinajstić information content (AvgIpc) is 3.10. The van der Waals surface area contributed by atoms with Crippen LogP contribution in [0.4, 0.5) is 0 Å². The highest BCUT2D eigenvalue weighted by molar-refractivity contribution is 5.85. The predicted molar refractivity (Wildman–Crippen MR) is 200 cm³/mol. The third-order valence-electron chi connectivity index (χ3n) is 10.7. The number of fused-ring (bicyclic) bond motifs is 2. The molecule has 10 nitrogen and oxygen atoms in total. The summed E-state index contributed by atoms with van der Waals surface area (Å²) in [6.45, 7) is 1.36. The van der Waals surface area contributed by atoms with Crippen molar-refractivity contribution in [3.05, 3.63) is 94.0 Å². The third kappa shape index (κ3) is 7.17. The highest BCUT2D eigenvalue weighted by atomic mass is 35.5. The Morgan fingerprint density at radius 2 is 1.48 bits per heavy atom. The molecule has 4 aromatic carbocycles. The van der Waals surface area contributed by atoms with Crippen molar-refractivity contribution in [2.24, 2.45) is 0 Å². The molecule has 0 spiro atoms. The van der Waals surface area contributed by atoms with Gasteiger partial charge in [-0.2, -0.15) is 0 Å². The fourth-order valence-corrected chi connectivity index (χ4v) is 8.00. The van der Waals surface area contributed by atoms with Gasteiger partial charge in [0.05, 0.1) is 48.0 Å². The maximum absolute atomic E-state index is 12.2. The summed E-state index contributed by atoms with van der Waals surface area (Å²) in [4.78, 5) is 14.5. The molecule has 0 aliphatic carbocycles. The molecule has 0 saturated carbocycles. The highest BCUT2D eigenvalue weighted by Crippen LogP contribution is 2.52. The van der Waals surface area contributed by atoms with Gasteiger partial charge in [0, 0.05) is 36.6 Å². The number of hydrogen-bond acceptors (Lipinski definition) is 9. The van der Waals surface area contributed by atoms with Gasteiger partial charge in [-0.25, -0.2) is 0 Å². The van der Waals surface area contributed by atoms with Crippen LogP contribution in [0, 0.1) is 0 Å². The van der Waals surface area contributed by atoms with Crippen molar-refractivity contribution in [3.8, 4) is 46.0 Å². The SMILES string of the molecule is COc1ccc2cc1Oc1ccc(cc1)CC1c3cc(c(OC)cc3CC[N+]1(C)CC(=O)[O-])Oc1c(OC)c(OC)cc3c1C(C2)N(C)CC3.Cl.Cl. The van der Waals surface area contributed by atoms with Gasteiger partial charge in [0.25, 0.3) is 0 Å². The Kier molecular flexibility index (Phi) is 11.7. The van der Waals surface area contributed by atoms with Gasteiger partial charge in [0.1, 0.15) is 18.3 Å². The standard InChI is InChI=1S/C40H44N2O8.2ClH/c1-41-15-13-27-21-36(47-5)39(48-6)40-38(27)30(41)17-25-9-12-32(45-3)34(19-25)49-28-10-7-24(8-11-28)18-31-29-22-35(50-40)33(46-4)20-26(29)14-16-42(31,2)23-37(43)44;;/h7-12,19-22,30-31H,13-18,23H2,1-6H3;2*1H. The van der Waals surface area contributed by atoms with Crippen molar-refractivity contribution in [1.82, 2.24) is 4.90 Å². The van der Waals surface area contributed by atoms with Crippen LogP contribution in [0.2, 0.25) is 0 Å². The van der Waals surface area contributed by atoms with Crippen LogP contribution < -0.4 is 33.5 Å². The summed E-state index contributed by atoms with van der Waals surface area (Å²) in [5.41, 5.74) is 6.37. The molecular formula is C40H46Cl2N2O8. The zero-order valence-electron chi connectivity index (χ0n) is 30.4. The van der Waals surface area contributed by atoms with Crippen LogP contribution in [-0.2, 0) is 30.5 Å². The van der Waals surface area contributed by atoms with E-state index in [0.29, 0.717) is 71.8 Å². The largest absolute Gasteiger partial charge is 0.544 e. The first-order valence-electron chi connectivity index (χ1n) is 17.0. The maximum atomic E-state index is 12.2. The summed E-state index contributed by atoms with van der Waals surface area (Å²) in [6, 6.07) is 19.9. The topological polar surface area (TPSA) is 98.8 Å². The van der Waals surface area contributed by atoms with Gasteiger partial charge in [-0.15, -0.1) is 24.8 Å². The molecule has 0 aromatic heterocycles. The molecule has 6 bridgehead atoms. The zero-order chi connectivity index (χ0) is 35.2. The van der Waals surface area contributed by atoms with Crippen molar-refractivity contribution in [2.75, 3.05) is 62.2 Å². The lowest BCUT2D eigenvalue weighted by Gasteiger charge is -2.46. The Morgan fingerprint density at radius 1 is 0.808 bits per heavy atom. The number of hydrogen-bond donors (Lipinski definition) is 0. The van der Waals surface area contributed by atoms with E-state index in [4.69, 9.17) is 28.4 Å². The van der Waals surface area contributed by atoms with Crippen molar-refractivity contribution in [3.63, 3.8) is 0 Å². The summed E-state index contributed by atoms with van der Waals surface area (Å²) in [5, 5.41) is 12.2. The lowest BCUT2D eigenvalue weighted by Crippen LogP contribution is -2.56. The molecule has 0 radical (unpaired) electrons. The van der Waals surface area contributed by atoms with E-state index in [1.807, 2.05) is 55.6 Å². The van der Waals surface area contributed by atoms with Gasteiger partial charge in [-0.3, -0.25) is 4.90 Å². The molecule has 0 fully saturated rings. The first-order chi connectivity index (χ1) is 24.1. The molecule has 278 valence electrons. The number of likely N-dealkylation sites (N-methyl/N-ethyl adjacent to an activating group) is 2. The number of quaternary nitrogens is 1. The Morgan fingerprint density at radius 3 is 2.15 bits per heavy atom. The minimum Gasteiger partial charge on any atom is -0.544 e. The number of rotatable bonds is 6. The summed E-state index contributed by atoms with van der Waals surface area (Å²) < 4.78 is 37.3. The number of ether oxygens (including phenoxy) is 6. The lowest BCUT2D eigenvalue weighted by molar-refractivity contribution is -0.936. The number of carbonyl (C=O) groups is 1. The van der Waals surface area contributed by atoms with E-state index < -0.39 is 5.97 Å². The summed E-state index contributed by atoms with van der Waals surface area (Å²) >= 11 is 0.